The van der Waals surface area contributed by atoms with Crippen LogP contribution in [0.3, 0.4) is 0 Å². The molecule has 1 atom stereocenters. The van der Waals surface area contributed by atoms with Gasteiger partial charge in [0.1, 0.15) is 5.78 Å². The first-order valence-electron chi connectivity index (χ1n) is 8.67. The van der Waals surface area contributed by atoms with Crippen LogP contribution in [0.15, 0.2) is 60.7 Å². The normalized spacial score (nSPS) is 10.0. The molecule has 0 amide bonds. The second-order valence-corrected chi connectivity index (χ2v) is 6.27. The SMILES string of the molecule is CC(=O)c1ccccc1.CC(C)=O.CC(C)N.C[C@@H](N)c1ccccc1. The predicted molar refractivity (Wildman–Crippen MR) is 111 cm³/mol. The van der Waals surface area contributed by atoms with Gasteiger partial charge in [0.05, 0.1) is 0 Å². The first-order valence-corrected chi connectivity index (χ1v) is 8.67. The monoisotopic (exact) mass is 358 g/mol. The van der Waals surface area contributed by atoms with Crippen LogP contribution in [0, 0.1) is 0 Å². The van der Waals surface area contributed by atoms with Crippen LogP contribution in [-0.2, 0) is 4.79 Å². The summed E-state index contributed by atoms with van der Waals surface area (Å²) in [6.45, 7) is 10.5. The van der Waals surface area contributed by atoms with E-state index in [1.165, 1.54) is 19.4 Å². The molecule has 4 heteroatoms. The van der Waals surface area contributed by atoms with Crippen LogP contribution >= 0.6 is 0 Å². The first-order chi connectivity index (χ1) is 12.1. The Balaban J connectivity index is 0. The van der Waals surface area contributed by atoms with Crippen LogP contribution in [0.1, 0.15) is 63.5 Å². The van der Waals surface area contributed by atoms with Crippen LogP contribution in [-0.4, -0.2) is 17.6 Å². The van der Waals surface area contributed by atoms with Gasteiger partial charge in [-0.05, 0) is 39.3 Å². The van der Waals surface area contributed by atoms with Crippen molar-refractivity contribution in [1.82, 2.24) is 0 Å². The van der Waals surface area contributed by atoms with E-state index in [1.807, 2.05) is 81.4 Å². The summed E-state index contributed by atoms with van der Waals surface area (Å²) in [6.07, 6.45) is 0. The molecule has 0 heterocycles. The van der Waals surface area contributed by atoms with Crippen LogP contribution in [0.2, 0.25) is 0 Å². The van der Waals surface area contributed by atoms with Crippen molar-refractivity contribution in [2.45, 2.75) is 53.6 Å². The van der Waals surface area contributed by atoms with Crippen molar-refractivity contribution in [3.63, 3.8) is 0 Å². The number of benzene rings is 2. The Labute approximate surface area is 158 Å². The fourth-order valence-electron chi connectivity index (χ4n) is 1.43. The summed E-state index contributed by atoms with van der Waals surface area (Å²) >= 11 is 0. The predicted octanol–water partition coefficient (Wildman–Crippen LogP) is 4.54. The third kappa shape index (κ3) is 19.7. The van der Waals surface area contributed by atoms with Crippen molar-refractivity contribution in [2.75, 3.05) is 0 Å². The minimum atomic E-state index is 0.121. The molecule has 4 N–H and O–H groups in total. The van der Waals surface area contributed by atoms with Crippen molar-refractivity contribution in [3.8, 4) is 0 Å². The van der Waals surface area contributed by atoms with Gasteiger partial charge in [0, 0.05) is 11.6 Å². The maximum atomic E-state index is 10.6. The summed E-state index contributed by atoms with van der Waals surface area (Å²) in [6, 6.07) is 19.8. The van der Waals surface area contributed by atoms with Gasteiger partial charge in [-0.15, -0.1) is 0 Å². The van der Waals surface area contributed by atoms with E-state index in [2.05, 4.69) is 0 Å². The lowest BCUT2D eigenvalue weighted by Crippen LogP contribution is -2.06. The molecule has 0 aliphatic heterocycles. The van der Waals surface area contributed by atoms with E-state index in [0.29, 0.717) is 6.04 Å². The van der Waals surface area contributed by atoms with E-state index in [9.17, 15) is 9.59 Å². The number of hydrogen-bond acceptors (Lipinski definition) is 4. The highest BCUT2D eigenvalue weighted by molar-refractivity contribution is 5.93. The van der Waals surface area contributed by atoms with Crippen LogP contribution in [0.5, 0.6) is 0 Å². The number of hydrogen-bond donors (Lipinski definition) is 2. The number of carbonyl (C=O) groups excluding carboxylic acids is 2. The maximum Gasteiger partial charge on any atom is 0.159 e. The quantitative estimate of drug-likeness (QED) is 0.771. The molecule has 2 aromatic carbocycles. The fourth-order valence-corrected chi connectivity index (χ4v) is 1.43. The van der Waals surface area contributed by atoms with Crippen molar-refractivity contribution >= 4 is 11.6 Å². The van der Waals surface area contributed by atoms with Crippen molar-refractivity contribution < 1.29 is 9.59 Å². The molecule has 4 nitrogen and oxygen atoms in total. The van der Waals surface area contributed by atoms with Gasteiger partial charge in [-0.25, -0.2) is 0 Å². The molecule has 2 aromatic rings. The van der Waals surface area contributed by atoms with Gasteiger partial charge in [0.15, 0.2) is 5.78 Å². The third-order valence-corrected chi connectivity index (χ3v) is 2.51. The average Bonchev–Trinajstić information content (AvgIpc) is 2.56. The molecule has 0 aromatic heterocycles. The van der Waals surface area contributed by atoms with Gasteiger partial charge in [0.25, 0.3) is 0 Å². The van der Waals surface area contributed by atoms with Crippen LogP contribution < -0.4 is 11.5 Å². The average molecular weight is 359 g/mol. The van der Waals surface area contributed by atoms with E-state index in [1.54, 1.807) is 6.92 Å². The second kappa shape index (κ2) is 16.2. The lowest BCUT2D eigenvalue weighted by atomic mass is 10.1. The Bertz CT molecular complexity index is 587. The highest BCUT2D eigenvalue weighted by atomic mass is 16.1. The molecule has 0 aliphatic rings. The van der Waals surface area contributed by atoms with Gasteiger partial charge in [0.2, 0.25) is 0 Å². The lowest BCUT2D eigenvalue weighted by molar-refractivity contribution is -0.115. The molecule has 0 saturated heterocycles. The molecule has 0 radical (unpaired) electrons. The molecule has 0 fully saturated rings. The van der Waals surface area contributed by atoms with E-state index < -0.39 is 0 Å². The van der Waals surface area contributed by atoms with Crippen molar-refractivity contribution in [2.24, 2.45) is 11.5 Å². The Morgan fingerprint density at radius 1 is 0.731 bits per heavy atom. The molecular weight excluding hydrogens is 324 g/mol. The van der Waals surface area contributed by atoms with E-state index in [0.717, 1.165) is 5.56 Å². The Morgan fingerprint density at radius 3 is 1.23 bits per heavy atom. The summed E-state index contributed by atoms with van der Waals surface area (Å²) in [4.78, 5) is 20.1. The fraction of sp³-hybridized carbons (Fsp3) is 0.364. The lowest BCUT2D eigenvalue weighted by Gasteiger charge is -2.02. The van der Waals surface area contributed by atoms with Crippen LogP contribution in [0.25, 0.3) is 0 Å². The topological polar surface area (TPSA) is 86.2 Å². The molecular formula is C22H34N2O2. The van der Waals surface area contributed by atoms with E-state index in [-0.39, 0.29) is 17.6 Å². The van der Waals surface area contributed by atoms with E-state index in [4.69, 9.17) is 11.5 Å². The number of rotatable bonds is 2. The minimum Gasteiger partial charge on any atom is -0.328 e. The van der Waals surface area contributed by atoms with E-state index >= 15 is 0 Å². The molecule has 0 unspecified atom stereocenters. The standard InChI is InChI=1S/C8H11N.C8H8O.C3H9N.C3H6O/c2*1-7(9)8-5-3-2-4-6-8;2*1-3(2)4/h2-7H,9H2,1H3;2-6H,1H3;3H,4H2,1-2H3;1-2H3/t7-;;;/m1.../s1. The summed E-state index contributed by atoms with van der Waals surface area (Å²) in [5.41, 5.74) is 12.7. The van der Waals surface area contributed by atoms with Gasteiger partial charge >= 0.3 is 0 Å². The number of nitrogens with two attached hydrogens (primary N) is 2. The Kier molecular flexibility index (Phi) is 16.1. The molecule has 26 heavy (non-hydrogen) atoms. The maximum absolute atomic E-state index is 10.6. The van der Waals surface area contributed by atoms with Crippen LogP contribution in [0.4, 0.5) is 0 Å². The first kappa shape index (κ1) is 25.9. The summed E-state index contributed by atoms with van der Waals surface area (Å²) in [5.74, 6) is 0.288. The number of ketones is 2. The second-order valence-electron chi connectivity index (χ2n) is 6.27. The highest BCUT2D eigenvalue weighted by Crippen LogP contribution is 2.06. The zero-order valence-electron chi connectivity index (χ0n) is 16.9. The molecule has 0 aliphatic carbocycles. The Hall–Kier alpha value is -2.30. The highest BCUT2D eigenvalue weighted by Gasteiger charge is 1.94. The summed E-state index contributed by atoms with van der Waals surface area (Å²) < 4.78 is 0. The van der Waals surface area contributed by atoms with Gasteiger partial charge in [-0.3, -0.25) is 4.79 Å². The zero-order valence-corrected chi connectivity index (χ0v) is 16.9. The molecule has 0 saturated carbocycles. The summed E-state index contributed by atoms with van der Waals surface area (Å²) in [7, 11) is 0. The molecule has 0 bridgehead atoms. The summed E-state index contributed by atoms with van der Waals surface area (Å²) in [5, 5.41) is 0. The van der Waals surface area contributed by atoms with Gasteiger partial charge < -0.3 is 16.3 Å². The van der Waals surface area contributed by atoms with Gasteiger partial charge in [-0.1, -0.05) is 74.5 Å². The zero-order chi connectivity index (χ0) is 20.5. The third-order valence-electron chi connectivity index (χ3n) is 2.51. The largest absolute Gasteiger partial charge is 0.328 e. The smallest absolute Gasteiger partial charge is 0.159 e. The van der Waals surface area contributed by atoms with Crippen molar-refractivity contribution in [3.05, 3.63) is 71.8 Å². The minimum absolute atomic E-state index is 0.121. The molecule has 144 valence electrons. The Morgan fingerprint density at radius 2 is 1.04 bits per heavy atom. The number of Topliss-reactive ketones (excluding diaryl/α,β-unsaturated/α-hetero) is 2. The molecule has 0 spiro atoms. The van der Waals surface area contributed by atoms with Crippen molar-refractivity contribution in [1.29, 1.82) is 0 Å². The number of carbonyl (C=O) groups is 2. The van der Waals surface area contributed by atoms with Gasteiger partial charge in [-0.2, -0.15) is 0 Å². The molecule has 2 rings (SSSR count).